The van der Waals surface area contributed by atoms with E-state index >= 15 is 0 Å². The van der Waals surface area contributed by atoms with Gasteiger partial charge in [-0.05, 0) is 43.3 Å². The topological polar surface area (TPSA) is 64.4 Å². The third-order valence-corrected chi connectivity index (χ3v) is 6.01. The van der Waals surface area contributed by atoms with Crippen molar-refractivity contribution in [3.05, 3.63) is 70.6 Å². The summed E-state index contributed by atoms with van der Waals surface area (Å²) < 4.78 is 59.7. The summed E-state index contributed by atoms with van der Waals surface area (Å²) in [7, 11) is 0. The molecule has 2 heterocycles. The van der Waals surface area contributed by atoms with Gasteiger partial charge in [-0.25, -0.2) is 9.37 Å². The van der Waals surface area contributed by atoms with Gasteiger partial charge >= 0.3 is 12.1 Å². The first-order chi connectivity index (χ1) is 15.1. The Morgan fingerprint density at radius 2 is 1.97 bits per heavy atom. The molecule has 0 atom stereocenters. The number of hydrogen-bond acceptors (Lipinski definition) is 4. The van der Waals surface area contributed by atoms with E-state index in [-0.39, 0.29) is 18.7 Å². The van der Waals surface area contributed by atoms with Gasteiger partial charge in [-0.1, -0.05) is 6.07 Å². The van der Waals surface area contributed by atoms with Gasteiger partial charge in [0.2, 0.25) is 0 Å². The summed E-state index contributed by atoms with van der Waals surface area (Å²) in [5, 5.41) is 10.2. The average Bonchev–Trinajstić information content (AvgIpc) is 3.28. The van der Waals surface area contributed by atoms with Crippen LogP contribution in [0.25, 0.3) is 21.5 Å². The van der Waals surface area contributed by atoms with Gasteiger partial charge in [-0.3, -0.25) is 4.79 Å². The van der Waals surface area contributed by atoms with Gasteiger partial charge < -0.3 is 14.4 Å². The molecule has 5 nitrogen and oxygen atoms in total. The van der Waals surface area contributed by atoms with Crippen molar-refractivity contribution in [2.24, 2.45) is 0 Å². The molecule has 10 heteroatoms. The van der Waals surface area contributed by atoms with Crippen molar-refractivity contribution >= 4 is 28.2 Å². The second-order valence-electron chi connectivity index (χ2n) is 7.07. The van der Waals surface area contributed by atoms with Crippen molar-refractivity contribution in [1.29, 1.82) is 0 Å². The number of carboxylic acid groups (broad SMARTS) is 1. The molecule has 0 aliphatic heterocycles. The molecular weight excluding hydrogens is 448 g/mol. The lowest BCUT2D eigenvalue weighted by molar-refractivity contribution is -0.140. The van der Waals surface area contributed by atoms with E-state index in [2.05, 4.69) is 4.98 Å². The Kier molecular flexibility index (Phi) is 5.64. The van der Waals surface area contributed by atoms with Gasteiger partial charge in [-0.2, -0.15) is 13.2 Å². The maximum Gasteiger partial charge on any atom is 0.419 e. The van der Waals surface area contributed by atoms with Crippen molar-refractivity contribution in [3.63, 3.8) is 0 Å². The minimum absolute atomic E-state index is 0.142. The number of ether oxygens (including phenoxy) is 1. The molecule has 0 spiro atoms. The molecule has 2 aromatic carbocycles. The Morgan fingerprint density at radius 3 is 2.66 bits per heavy atom. The first-order valence-corrected chi connectivity index (χ1v) is 10.2. The zero-order valence-electron chi connectivity index (χ0n) is 16.6. The molecular formula is C22H16F4N2O3S. The van der Waals surface area contributed by atoms with Crippen LogP contribution in [0, 0.1) is 12.7 Å². The third kappa shape index (κ3) is 4.45. The fourth-order valence-electron chi connectivity index (χ4n) is 3.26. The second-order valence-corrected chi connectivity index (χ2v) is 8.15. The van der Waals surface area contributed by atoms with Crippen LogP contribution in [0.15, 0.2) is 48.7 Å². The lowest BCUT2D eigenvalue weighted by Crippen LogP contribution is -2.07. The van der Waals surface area contributed by atoms with Gasteiger partial charge in [0.1, 0.15) is 29.7 Å². The van der Waals surface area contributed by atoms with Crippen molar-refractivity contribution < 1.29 is 32.2 Å². The van der Waals surface area contributed by atoms with Gasteiger partial charge in [-0.15, -0.1) is 11.3 Å². The molecule has 166 valence electrons. The number of fused-ring (bicyclic) bond motifs is 1. The summed E-state index contributed by atoms with van der Waals surface area (Å²) in [6, 6.07) is 9.82. The van der Waals surface area contributed by atoms with Crippen LogP contribution < -0.4 is 4.74 Å². The van der Waals surface area contributed by atoms with E-state index in [1.54, 1.807) is 42.0 Å². The zero-order valence-corrected chi connectivity index (χ0v) is 17.4. The minimum Gasteiger partial charge on any atom is -0.488 e. The van der Waals surface area contributed by atoms with Crippen molar-refractivity contribution in [2.75, 3.05) is 0 Å². The number of hydrogen-bond donors (Lipinski definition) is 1. The fourth-order valence-corrected chi connectivity index (χ4v) is 4.24. The molecule has 0 fully saturated rings. The predicted octanol–water partition coefficient (Wildman–Crippen LogP) is 5.89. The average molecular weight is 464 g/mol. The lowest BCUT2D eigenvalue weighted by atomic mass is 10.1. The molecule has 0 aliphatic carbocycles. The predicted molar refractivity (Wildman–Crippen MR) is 111 cm³/mol. The van der Waals surface area contributed by atoms with E-state index in [0.29, 0.717) is 22.5 Å². The Balaban J connectivity index is 1.51. The van der Waals surface area contributed by atoms with Gasteiger partial charge in [0, 0.05) is 22.7 Å². The van der Waals surface area contributed by atoms with E-state index in [4.69, 9.17) is 9.84 Å². The maximum atomic E-state index is 13.9. The van der Waals surface area contributed by atoms with Crippen LogP contribution in [0.3, 0.4) is 0 Å². The minimum atomic E-state index is -4.75. The molecule has 32 heavy (non-hydrogen) atoms. The molecule has 0 saturated heterocycles. The molecule has 0 unspecified atom stereocenters. The Bertz CT molecular complexity index is 1310. The maximum absolute atomic E-state index is 13.9. The Hall–Kier alpha value is -3.40. The van der Waals surface area contributed by atoms with E-state index < -0.39 is 23.5 Å². The molecule has 1 N–H and O–H groups in total. The zero-order chi connectivity index (χ0) is 23.0. The quantitative estimate of drug-likeness (QED) is 0.361. The summed E-state index contributed by atoms with van der Waals surface area (Å²) in [6.07, 6.45) is -3.07. The van der Waals surface area contributed by atoms with Crippen LogP contribution >= 0.6 is 11.3 Å². The second kappa shape index (κ2) is 8.27. The number of aromatic nitrogens is 2. The van der Waals surface area contributed by atoms with Crippen LogP contribution in [0.2, 0.25) is 0 Å². The number of halogens is 4. The standard InChI is InChI=1S/C22H16F4N2O3S/c1-12-19(32-21(27-12)14-2-4-16(17(23)9-14)22(24,25)26)11-31-15-3-5-18-13(8-15)6-7-28(18)10-20(29)30/h2-9H,10-11H2,1H3,(H,29,30). The smallest absolute Gasteiger partial charge is 0.419 e. The highest BCUT2D eigenvalue weighted by molar-refractivity contribution is 7.15. The SMILES string of the molecule is Cc1nc(-c2ccc(C(F)(F)F)c(F)c2)sc1COc1ccc2c(ccn2CC(=O)O)c1. The Labute approximate surface area is 183 Å². The highest BCUT2D eigenvalue weighted by Gasteiger charge is 2.34. The van der Waals surface area contributed by atoms with Crippen LogP contribution in [-0.2, 0) is 24.1 Å². The lowest BCUT2D eigenvalue weighted by Gasteiger charge is -2.08. The summed E-state index contributed by atoms with van der Waals surface area (Å²) in [5.41, 5.74) is 0.348. The molecule has 4 aromatic rings. The number of carbonyl (C=O) groups is 1. The summed E-state index contributed by atoms with van der Waals surface area (Å²) in [5.74, 6) is -1.71. The number of aliphatic carboxylic acids is 1. The Morgan fingerprint density at radius 1 is 1.19 bits per heavy atom. The summed E-state index contributed by atoms with van der Waals surface area (Å²) in [4.78, 5) is 16.0. The third-order valence-electron chi connectivity index (χ3n) is 4.83. The first kappa shape index (κ1) is 21.8. The number of benzene rings is 2. The van der Waals surface area contributed by atoms with Crippen LogP contribution in [-0.4, -0.2) is 20.6 Å². The molecule has 0 radical (unpaired) electrons. The summed E-state index contributed by atoms with van der Waals surface area (Å²) in [6.45, 7) is 1.78. The summed E-state index contributed by atoms with van der Waals surface area (Å²) >= 11 is 1.22. The highest BCUT2D eigenvalue weighted by Crippen LogP contribution is 2.35. The number of rotatable bonds is 6. The van der Waals surface area contributed by atoms with Crippen molar-refractivity contribution in [1.82, 2.24) is 9.55 Å². The van der Waals surface area contributed by atoms with E-state index in [9.17, 15) is 22.4 Å². The van der Waals surface area contributed by atoms with Crippen LogP contribution in [0.1, 0.15) is 16.1 Å². The molecule has 0 bridgehead atoms. The number of carboxylic acids is 1. The number of alkyl halides is 3. The molecule has 0 aliphatic rings. The van der Waals surface area contributed by atoms with Gasteiger partial charge in [0.25, 0.3) is 0 Å². The molecule has 0 saturated carbocycles. The van der Waals surface area contributed by atoms with Crippen molar-refractivity contribution in [2.45, 2.75) is 26.3 Å². The number of nitrogens with zero attached hydrogens (tertiary/aromatic N) is 2. The van der Waals surface area contributed by atoms with E-state index in [0.717, 1.165) is 21.8 Å². The van der Waals surface area contributed by atoms with Crippen LogP contribution in [0.4, 0.5) is 17.6 Å². The number of thiazole rings is 1. The number of aryl methyl sites for hydroxylation is 1. The van der Waals surface area contributed by atoms with Gasteiger partial charge in [0.05, 0.1) is 16.1 Å². The monoisotopic (exact) mass is 464 g/mol. The van der Waals surface area contributed by atoms with Gasteiger partial charge in [0.15, 0.2) is 0 Å². The van der Waals surface area contributed by atoms with E-state index in [1.807, 2.05) is 0 Å². The molecule has 2 aromatic heterocycles. The highest BCUT2D eigenvalue weighted by atomic mass is 32.1. The molecule has 4 rings (SSSR count). The normalized spacial score (nSPS) is 11.8. The largest absolute Gasteiger partial charge is 0.488 e. The van der Waals surface area contributed by atoms with Crippen LogP contribution in [0.5, 0.6) is 5.75 Å². The van der Waals surface area contributed by atoms with E-state index in [1.165, 1.54) is 17.4 Å². The van der Waals surface area contributed by atoms with Crippen molar-refractivity contribution in [3.8, 4) is 16.3 Å². The first-order valence-electron chi connectivity index (χ1n) is 9.39. The molecule has 0 amide bonds. The fraction of sp³-hybridized carbons (Fsp3) is 0.182.